The summed E-state index contributed by atoms with van der Waals surface area (Å²) in [4.78, 5) is 31.1. The molecule has 0 fully saturated rings. The number of carbonyl (C=O) groups is 3. The molecule has 7 heteroatoms. The molecule has 2 aromatic carbocycles. The Morgan fingerprint density at radius 1 is 0.719 bits per heavy atom. The number of carbonyl (C=O) groups excluding carboxylic acids is 1. The molecule has 176 valence electrons. The van der Waals surface area contributed by atoms with Crippen LogP contribution in [0.5, 0.6) is 0 Å². The molecule has 0 aliphatic rings. The summed E-state index contributed by atoms with van der Waals surface area (Å²) in [6, 6.07) is 16.2. The van der Waals surface area contributed by atoms with Gasteiger partial charge in [-0.15, -0.1) is 0 Å². The maximum Gasteiger partial charge on any atom is 0.377 e. The lowest BCUT2D eigenvalue weighted by Crippen LogP contribution is -2.29. The lowest BCUT2D eigenvalue weighted by atomic mass is 9.92. The molecule has 0 amide bonds. The van der Waals surface area contributed by atoms with Crippen LogP contribution >= 0.6 is 0 Å². The minimum absolute atomic E-state index is 0.0184. The van der Waals surface area contributed by atoms with Crippen molar-refractivity contribution >= 4 is 17.7 Å². The molecule has 0 spiro atoms. The van der Waals surface area contributed by atoms with E-state index >= 15 is 0 Å². The Labute approximate surface area is 189 Å². The summed E-state index contributed by atoms with van der Waals surface area (Å²) in [5.74, 6) is -3.15. The third kappa shape index (κ3) is 12.0. The first-order chi connectivity index (χ1) is 15.1. The summed E-state index contributed by atoms with van der Waals surface area (Å²) in [6.07, 6.45) is 2.87. The molecule has 0 saturated carbocycles. The third-order valence-corrected chi connectivity index (χ3v) is 4.63. The van der Waals surface area contributed by atoms with Crippen LogP contribution in [-0.4, -0.2) is 50.4 Å². The molecule has 0 saturated heterocycles. The van der Waals surface area contributed by atoms with E-state index in [1.54, 1.807) is 48.5 Å². The number of ketones is 1. The van der Waals surface area contributed by atoms with E-state index in [-0.39, 0.29) is 23.7 Å². The molecule has 0 bridgehead atoms. The molecule has 4 N–H and O–H groups in total. The standard InChI is InChI=1S/C10H22O2.C8H6O3.C7H6O2/c1-4-6-9(11)8(3)10(12)7-5-2;9-7(8(10)11)6-4-2-1-3-5-6;8-7(9)6-4-2-1-3-5-6/h8-12H,4-7H2,1-3H3;1-5H,(H,10,11);1-5H,(H,8,9). The molecule has 2 unspecified atom stereocenters. The Morgan fingerprint density at radius 2 is 1.09 bits per heavy atom. The van der Waals surface area contributed by atoms with Crippen molar-refractivity contribution in [3.05, 3.63) is 71.8 Å². The Kier molecular flexibility index (Phi) is 15.1. The van der Waals surface area contributed by atoms with Crippen molar-refractivity contribution in [2.75, 3.05) is 0 Å². The average Bonchev–Trinajstić information content (AvgIpc) is 2.80. The number of hydrogen-bond acceptors (Lipinski definition) is 5. The normalized spacial score (nSPS) is 12.7. The van der Waals surface area contributed by atoms with Gasteiger partial charge >= 0.3 is 11.9 Å². The summed E-state index contributed by atoms with van der Waals surface area (Å²) in [5, 5.41) is 35.8. The highest BCUT2D eigenvalue weighted by molar-refractivity contribution is 6.39. The van der Waals surface area contributed by atoms with Crippen molar-refractivity contribution < 1.29 is 34.8 Å². The van der Waals surface area contributed by atoms with E-state index in [9.17, 15) is 24.6 Å². The lowest BCUT2D eigenvalue weighted by molar-refractivity contribution is -0.131. The van der Waals surface area contributed by atoms with Gasteiger partial charge in [-0.2, -0.15) is 0 Å². The number of carboxylic acids is 2. The van der Waals surface area contributed by atoms with Crippen LogP contribution in [0, 0.1) is 5.92 Å². The second-order valence-electron chi connectivity index (χ2n) is 7.24. The van der Waals surface area contributed by atoms with Gasteiger partial charge in [-0.05, 0) is 25.0 Å². The van der Waals surface area contributed by atoms with Crippen LogP contribution in [0.2, 0.25) is 0 Å². The van der Waals surface area contributed by atoms with Crippen LogP contribution in [0.25, 0.3) is 0 Å². The number of aliphatic hydroxyl groups is 2. The highest BCUT2D eigenvalue weighted by atomic mass is 16.4. The first-order valence-electron chi connectivity index (χ1n) is 10.6. The van der Waals surface area contributed by atoms with Gasteiger partial charge in [0.1, 0.15) is 0 Å². The van der Waals surface area contributed by atoms with Crippen LogP contribution in [0.4, 0.5) is 0 Å². The van der Waals surface area contributed by atoms with Gasteiger partial charge in [0.15, 0.2) is 0 Å². The average molecular weight is 447 g/mol. The second-order valence-corrected chi connectivity index (χ2v) is 7.24. The van der Waals surface area contributed by atoms with E-state index in [0.717, 1.165) is 25.7 Å². The zero-order chi connectivity index (χ0) is 24.5. The van der Waals surface area contributed by atoms with Gasteiger partial charge in [-0.25, -0.2) is 9.59 Å². The number of aliphatic carboxylic acids is 1. The largest absolute Gasteiger partial charge is 0.478 e. The fourth-order valence-corrected chi connectivity index (χ4v) is 2.67. The Hall–Kier alpha value is -3.03. The highest BCUT2D eigenvalue weighted by Crippen LogP contribution is 2.16. The first kappa shape index (κ1) is 29.0. The van der Waals surface area contributed by atoms with E-state index < -0.39 is 17.7 Å². The SMILES string of the molecule is CCCC(O)C(C)C(O)CCC.O=C(O)C(=O)c1ccccc1.O=C(O)c1ccccc1. The van der Waals surface area contributed by atoms with Gasteiger partial charge in [0.2, 0.25) is 0 Å². The minimum Gasteiger partial charge on any atom is -0.478 e. The predicted octanol–water partition coefficient (Wildman–Crippen LogP) is 4.28. The molecule has 0 aliphatic heterocycles. The molecule has 0 radical (unpaired) electrons. The highest BCUT2D eigenvalue weighted by Gasteiger charge is 2.20. The van der Waals surface area contributed by atoms with Crippen LogP contribution in [0.1, 0.15) is 67.2 Å². The number of rotatable bonds is 9. The molecule has 0 aromatic heterocycles. The molecular formula is C25H34O7. The van der Waals surface area contributed by atoms with Gasteiger partial charge in [0, 0.05) is 11.5 Å². The molecule has 2 aromatic rings. The topological polar surface area (TPSA) is 132 Å². The fraction of sp³-hybridized carbons (Fsp3) is 0.400. The first-order valence-corrected chi connectivity index (χ1v) is 10.6. The van der Waals surface area contributed by atoms with Gasteiger partial charge < -0.3 is 20.4 Å². The number of aromatic carboxylic acids is 1. The number of Topliss-reactive ketones (excluding diaryl/α,β-unsaturated/α-hetero) is 1. The van der Waals surface area contributed by atoms with E-state index in [0.29, 0.717) is 5.56 Å². The second kappa shape index (κ2) is 16.6. The van der Waals surface area contributed by atoms with Crippen LogP contribution in [0.15, 0.2) is 60.7 Å². The van der Waals surface area contributed by atoms with Gasteiger partial charge in [-0.1, -0.05) is 82.1 Å². The van der Waals surface area contributed by atoms with Crippen LogP contribution in [-0.2, 0) is 4.79 Å². The Balaban J connectivity index is 0.000000454. The summed E-state index contributed by atoms with van der Waals surface area (Å²) in [6.45, 7) is 6.00. The van der Waals surface area contributed by atoms with Crippen LogP contribution in [0.3, 0.4) is 0 Å². The van der Waals surface area contributed by atoms with Gasteiger partial charge in [0.05, 0.1) is 17.8 Å². The Bertz CT molecular complexity index is 778. The number of carboxylic acid groups (broad SMARTS) is 2. The lowest BCUT2D eigenvalue weighted by Gasteiger charge is -2.23. The summed E-state index contributed by atoms with van der Waals surface area (Å²) < 4.78 is 0. The van der Waals surface area contributed by atoms with Crippen molar-refractivity contribution in [1.29, 1.82) is 0 Å². The van der Waals surface area contributed by atoms with E-state index in [2.05, 4.69) is 0 Å². The van der Waals surface area contributed by atoms with Crippen molar-refractivity contribution in [2.45, 2.75) is 58.7 Å². The van der Waals surface area contributed by atoms with Crippen molar-refractivity contribution in [3.8, 4) is 0 Å². The zero-order valence-electron chi connectivity index (χ0n) is 18.8. The smallest absolute Gasteiger partial charge is 0.377 e. The molecule has 2 rings (SSSR count). The van der Waals surface area contributed by atoms with E-state index in [1.807, 2.05) is 20.8 Å². The predicted molar refractivity (Wildman–Crippen MR) is 123 cm³/mol. The number of benzene rings is 2. The molecule has 7 nitrogen and oxygen atoms in total. The number of aliphatic hydroxyl groups excluding tert-OH is 2. The zero-order valence-corrected chi connectivity index (χ0v) is 18.8. The van der Waals surface area contributed by atoms with Crippen molar-refractivity contribution in [2.24, 2.45) is 5.92 Å². The van der Waals surface area contributed by atoms with E-state index in [4.69, 9.17) is 10.2 Å². The Morgan fingerprint density at radius 3 is 1.38 bits per heavy atom. The van der Waals surface area contributed by atoms with E-state index in [1.165, 1.54) is 12.1 Å². The minimum atomic E-state index is -1.42. The van der Waals surface area contributed by atoms with Crippen molar-refractivity contribution in [1.82, 2.24) is 0 Å². The summed E-state index contributed by atoms with van der Waals surface area (Å²) in [5.41, 5.74) is 0.539. The van der Waals surface area contributed by atoms with Gasteiger partial charge in [-0.3, -0.25) is 4.79 Å². The summed E-state index contributed by atoms with van der Waals surface area (Å²) in [7, 11) is 0. The molecule has 32 heavy (non-hydrogen) atoms. The van der Waals surface area contributed by atoms with Crippen molar-refractivity contribution in [3.63, 3.8) is 0 Å². The quantitative estimate of drug-likeness (QED) is 0.334. The maximum atomic E-state index is 10.7. The molecular weight excluding hydrogens is 412 g/mol. The van der Waals surface area contributed by atoms with Crippen LogP contribution < -0.4 is 0 Å². The summed E-state index contributed by atoms with van der Waals surface area (Å²) >= 11 is 0. The maximum absolute atomic E-state index is 10.7. The third-order valence-electron chi connectivity index (χ3n) is 4.63. The molecule has 2 atom stereocenters. The molecule has 0 heterocycles. The molecule has 0 aliphatic carbocycles. The monoisotopic (exact) mass is 446 g/mol. The number of hydrogen-bond donors (Lipinski definition) is 4. The fourth-order valence-electron chi connectivity index (χ4n) is 2.67. The van der Waals surface area contributed by atoms with Gasteiger partial charge in [0.25, 0.3) is 5.78 Å².